The topological polar surface area (TPSA) is 66.5 Å². The van der Waals surface area contributed by atoms with Crippen LogP contribution < -0.4 is 9.62 Å². The van der Waals surface area contributed by atoms with Crippen molar-refractivity contribution in [1.82, 2.24) is 0 Å². The molecule has 0 bridgehead atoms. The van der Waals surface area contributed by atoms with E-state index in [-0.39, 0.29) is 11.7 Å². The fourth-order valence-corrected chi connectivity index (χ4v) is 4.77. The van der Waals surface area contributed by atoms with E-state index in [0.717, 1.165) is 4.47 Å². The molecule has 24 heavy (non-hydrogen) atoms. The van der Waals surface area contributed by atoms with Gasteiger partial charge in [-0.25, -0.2) is 8.42 Å². The molecule has 1 heterocycles. The molecule has 1 aliphatic rings. The summed E-state index contributed by atoms with van der Waals surface area (Å²) in [5.74, 6) is -0.174. The number of benzene rings is 2. The summed E-state index contributed by atoms with van der Waals surface area (Å²) in [6, 6.07) is 11.8. The minimum absolute atomic E-state index is 0.109. The van der Waals surface area contributed by atoms with E-state index in [0.29, 0.717) is 34.9 Å². The first kappa shape index (κ1) is 17.3. The van der Waals surface area contributed by atoms with Gasteiger partial charge in [0.2, 0.25) is 10.0 Å². The third-order valence-electron chi connectivity index (χ3n) is 3.66. The highest BCUT2D eigenvalue weighted by atomic mass is 79.9. The molecule has 0 spiro atoms. The van der Waals surface area contributed by atoms with E-state index in [9.17, 15) is 13.2 Å². The monoisotopic (exact) mass is 428 g/mol. The van der Waals surface area contributed by atoms with Gasteiger partial charge in [0.15, 0.2) is 0 Å². The standard InChI is InChI=1S/C16H14BrClN2O3S/c17-12-4-1-3-11(9-12)16(21)19-13-5-6-14(18)15(10-13)20-7-2-8-24(20,22)23/h1,3-6,9-10H,2,7-8H2,(H,19,21). The maximum Gasteiger partial charge on any atom is 0.255 e. The first-order chi connectivity index (χ1) is 11.4. The Morgan fingerprint density at radius 2 is 2.00 bits per heavy atom. The number of anilines is 2. The quantitative estimate of drug-likeness (QED) is 0.805. The first-order valence-corrected chi connectivity index (χ1v) is 10.0. The molecule has 0 unspecified atom stereocenters. The molecule has 2 aromatic rings. The highest BCUT2D eigenvalue weighted by Crippen LogP contribution is 2.33. The Balaban J connectivity index is 1.88. The number of amides is 1. The highest BCUT2D eigenvalue weighted by Gasteiger charge is 2.30. The summed E-state index contributed by atoms with van der Waals surface area (Å²) in [4.78, 5) is 12.3. The molecular weight excluding hydrogens is 416 g/mol. The number of rotatable bonds is 3. The summed E-state index contributed by atoms with van der Waals surface area (Å²) in [5, 5.41) is 3.10. The second-order valence-electron chi connectivity index (χ2n) is 5.37. The third kappa shape index (κ3) is 3.58. The van der Waals surface area contributed by atoms with Crippen molar-refractivity contribution >= 4 is 54.8 Å². The second kappa shape index (κ2) is 6.74. The Bertz CT molecular complexity index is 902. The maximum atomic E-state index is 12.3. The van der Waals surface area contributed by atoms with Gasteiger partial charge in [-0.05, 0) is 42.8 Å². The summed E-state index contributed by atoms with van der Waals surface area (Å²) in [6.45, 7) is 0.394. The highest BCUT2D eigenvalue weighted by molar-refractivity contribution is 9.10. The van der Waals surface area contributed by atoms with Gasteiger partial charge in [-0.15, -0.1) is 0 Å². The van der Waals surface area contributed by atoms with E-state index in [1.54, 1.807) is 36.4 Å². The SMILES string of the molecule is O=C(Nc1ccc(Cl)c(N2CCCS2(=O)=O)c1)c1cccc(Br)c1. The summed E-state index contributed by atoms with van der Waals surface area (Å²) >= 11 is 9.48. The van der Waals surface area contributed by atoms with Gasteiger partial charge >= 0.3 is 0 Å². The first-order valence-electron chi connectivity index (χ1n) is 7.24. The van der Waals surface area contributed by atoms with Crippen LogP contribution in [-0.2, 0) is 10.0 Å². The van der Waals surface area contributed by atoms with Crippen LogP contribution in [0, 0.1) is 0 Å². The molecule has 1 saturated heterocycles. The minimum Gasteiger partial charge on any atom is -0.322 e. The number of nitrogens with zero attached hydrogens (tertiary/aromatic N) is 1. The Morgan fingerprint density at radius 3 is 2.67 bits per heavy atom. The van der Waals surface area contributed by atoms with Crippen LogP contribution in [0.5, 0.6) is 0 Å². The molecule has 0 atom stereocenters. The maximum absolute atomic E-state index is 12.3. The minimum atomic E-state index is -3.34. The Labute approximate surface area is 153 Å². The Hall–Kier alpha value is -1.57. The zero-order valence-electron chi connectivity index (χ0n) is 12.5. The fourth-order valence-electron chi connectivity index (χ4n) is 2.52. The van der Waals surface area contributed by atoms with Gasteiger partial charge in [-0.3, -0.25) is 9.10 Å². The lowest BCUT2D eigenvalue weighted by Crippen LogP contribution is -2.25. The molecule has 1 fully saturated rings. The Morgan fingerprint density at radius 1 is 1.21 bits per heavy atom. The van der Waals surface area contributed by atoms with Crippen LogP contribution in [0.3, 0.4) is 0 Å². The molecule has 1 N–H and O–H groups in total. The van der Waals surface area contributed by atoms with Crippen LogP contribution in [0.15, 0.2) is 46.9 Å². The predicted molar refractivity (Wildman–Crippen MR) is 99.3 cm³/mol. The summed E-state index contributed by atoms with van der Waals surface area (Å²) < 4.78 is 26.3. The van der Waals surface area contributed by atoms with E-state index in [1.807, 2.05) is 6.07 Å². The van der Waals surface area contributed by atoms with Gasteiger partial charge in [-0.1, -0.05) is 33.6 Å². The summed E-state index contributed by atoms with van der Waals surface area (Å²) in [6.07, 6.45) is 0.563. The average Bonchev–Trinajstić information content (AvgIpc) is 2.88. The molecule has 2 aromatic carbocycles. The number of hydrogen-bond acceptors (Lipinski definition) is 3. The van der Waals surface area contributed by atoms with Crippen LogP contribution in [0.1, 0.15) is 16.8 Å². The van der Waals surface area contributed by atoms with Crippen LogP contribution in [0.25, 0.3) is 0 Å². The Kier molecular flexibility index (Phi) is 4.85. The van der Waals surface area contributed by atoms with Gasteiger partial charge in [-0.2, -0.15) is 0 Å². The number of carbonyl (C=O) groups excluding carboxylic acids is 1. The zero-order chi connectivity index (χ0) is 17.3. The van der Waals surface area contributed by atoms with Crippen molar-refractivity contribution in [2.45, 2.75) is 6.42 Å². The van der Waals surface area contributed by atoms with Crippen LogP contribution in [0.2, 0.25) is 5.02 Å². The van der Waals surface area contributed by atoms with E-state index in [2.05, 4.69) is 21.2 Å². The summed E-state index contributed by atoms with van der Waals surface area (Å²) in [7, 11) is -3.34. The van der Waals surface area contributed by atoms with Gasteiger partial charge in [0.05, 0.1) is 16.5 Å². The second-order valence-corrected chi connectivity index (χ2v) is 8.71. The molecule has 1 aliphatic heterocycles. The van der Waals surface area contributed by atoms with Crippen molar-refractivity contribution in [3.63, 3.8) is 0 Å². The molecular formula is C16H14BrClN2O3S. The van der Waals surface area contributed by atoms with Crippen LogP contribution >= 0.6 is 27.5 Å². The number of nitrogens with one attached hydrogen (secondary N) is 1. The predicted octanol–water partition coefficient (Wildman–Crippen LogP) is 3.89. The molecule has 8 heteroatoms. The molecule has 126 valence electrons. The van der Waals surface area contributed by atoms with E-state index in [1.165, 1.54) is 4.31 Å². The molecule has 0 aromatic heterocycles. The lowest BCUT2D eigenvalue weighted by Gasteiger charge is -2.19. The summed E-state index contributed by atoms with van der Waals surface area (Å²) in [5.41, 5.74) is 1.37. The van der Waals surface area contributed by atoms with Crippen molar-refractivity contribution in [3.8, 4) is 0 Å². The van der Waals surface area contributed by atoms with Gasteiger partial charge in [0.25, 0.3) is 5.91 Å². The van der Waals surface area contributed by atoms with E-state index >= 15 is 0 Å². The fraction of sp³-hybridized carbons (Fsp3) is 0.188. The molecule has 0 saturated carbocycles. The molecule has 1 amide bonds. The number of halogens is 2. The van der Waals surface area contributed by atoms with Gasteiger partial charge in [0, 0.05) is 22.3 Å². The number of carbonyl (C=O) groups is 1. The smallest absolute Gasteiger partial charge is 0.255 e. The van der Waals surface area contributed by atoms with Crippen molar-refractivity contribution in [2.75, 3.05) is 21.9 Å². The number of hydrogen-bond donors (Lipinski definition) is 1. The van der Waals surface area contributed by atoms with Gasteiger partial charge < -0.3 is 5.32 Å². The van der Waals surface area contributed by atoms with Crippen LogP contribution in [-0.4, -0.2) is 26.6 Å². The zero-order valence-corrected chi connectivity index (χ0v) is 15.7. The lowest BCUT2D eigenvalue weighted by molar-refractivity contribution is 0.102. The third-order valence-corrected chi connectivity index (χ3v) is 6.33. The molecule has 5 nitrogen and oxygen atoms in total. The van der Waals surface area contributed by atoms with Crippen molar-refractivity contribution < 1.29 is 13.2 Å². The lowest BCUT2D eigenvalue weighted by atomic mass is 10.2. The number of sulfonamides is 1. The van der Waals surface area contributed by atoms with Crippen molar-refractivity contribution in [1.29, 1.82) is 0 Å². The normalized spacial score (nSPS) is 16.2. The van der Waals surface area contributed by atoms with Gasteiger partial charge in [0.1, 0.15) is 0 Å². The van der Waals surface area contributed by atoms with E-state index < -0.39 is 10.0 Å². The van der Waals surface area contributed by atoms with Crippen molar-refractivity contribution in [3.05, 3.63) is 57.5 Å². The largest absolute Gasteiger partial charge is 0.322 e. The van der Waals surface area contributed by atoms with Crippen molar-refractivity contribution in [2.24, 2.45) is 0 Å². The van der Waals surface area contributed by atoms with Crippen LogP contribution in [0.4, 0.5) is 11.4 Å². The molecule has 0 aliphatic carbocycles. The molecule has 3 rings (SSSR count). The molecule has 0 radical (unpaired) electrons. The average molecular weight is 430 g/mol. The van der Waals surface area contributed by atoms with E-state index in [4.69, 9.17) is 11.6 Å².